The van der Waals surface area contributed by atoms with Gasteiger partial charge >= 0.3 is 0 Å². The number of aryl methyl sites for hydroxylation is 1. The van der Waals surface area contributed by atoms with Gasteiger partial charge in [-0.25, -0.2) is 0 Å². The first kappa shape index (κ1) is 11.5. The van der Waals surface area contributed by atoms with Crippen LogP contribution < -0.4 is 4.90 Å². The van der Waals surface area contributed by atoms with E-state index in [-0.39, 0.29) is 11.7 Å². The molecule has 0 aliphatic carbocycles. The van der Waals surface area contributed by atoms with E-state index in [4.69, 9.17) is 0 Å². The minimum atomic E-state index is -0.153. The highest BCUT2D eigenvalue weighted by molar-refractivity contribution is 6.22. The summed E-state index contributed by atoms with van der Waals surface area (Å²) in [5, 5.41) is 9.49. The van der Waals surface area contributed by atoms with Crippen molar-refractivity contribution in [2.75, 3.05) is 4.90 Å². The molecular weight excluding hydrogens is 238 g/mol. The summed E-state index contributed by atoms with van der Waals surface area (Å²) >= 11 is 0. The maximum absolute atomic E-state index is 12.4. The number of nitrogens with zero attached hydrogens (tertiary/aromatic N) is 1. The standard InChI is InChI=1S/C16H13NO2/c1-10-3-5-12(6-4-10)17-11(2)14-8-7-13(18)9-15(14)16(17)19/h3-9,18H,2H2,1H3. The van der Waals surface area contributed by atoms with E-state index in [1.807, 2.05) is 31.2 Å². The van der Waals surface area contributed by atoms with E-state index in [1.54, 1.807) is 17.0 Å². The molecule has 1 amide bonds. The van der Waals surface area contributed by atoms with Crippen LogP contribution in [0.2, 0.25) is 0 Å². The Labute approximate surface area is 111 Å². The van der Waals surface area contributed by atoms with Crippen molar-refractivity contribution in [3.8, 4) is 5.75 Å². The van der Waals surface area contributed by atoms with E-state index < -0.39 is 0 Å². The Morgan fingerprint density at radius 1 is 1.05 bits per heavy atom. The summed E-state index contributed by atoms with van der Waals surface area (Å²) in [6, 6.07) is 12.5. The van der Waals surface area contributed by atoms with Crippen molar-refractivity contribution < 1.29 is 9.90 Å². The molecule has 1 aliphatic heterocycles. The molecule has 3 rings (SSSR count). The number of carbonyl (C=O) groups excluding carboxylic acids is 1. The number of aromatic hydroxyl groups is 1. The Hall–Kier alpha value is -2.55. The van der Waals surface area contributed by atoms with E-state index in [1.165, 1.54) is 6.07 Å². The fraction of sp³-hybridized carbons (Fsp3) is 0.0625. The van der Waals surface area contributed by atoms with Gasteiger partial charge in [0.05, 0.1) is 11.3 Å². The third-order valence-corrected chi connectivity index (χ3v) is 3.31. The predicted octanol–water partition coefficient (Wildman–Crippen LogP) is 3.33. The molecule has 3 heteroatoms. The topological polar surface area (TPSA) is 40.5 Å². The second kappa shape index (κ2) is 3.99. The lowest BCUT2D eigenvalue weighted by Crippen LogP contribution is -2.21. The second-order valence-corrected chi connectivity index (χ2v) is 4.65. The van der Waals surface area contributed by atoms with Crippen molar-refractivity contribution in [3.63, 3.8) is 0 Å². The van der Waals surface area contributed by atoms with Gasteiger partial charge in [-0.15, -0.1) is 0 Å². The second-order valence-electron chi connectivity index (χ2n) is 4.65. The molecule has 1 N–H and O–H groups in total. The molecule has 2 aromatic rings. The van der Waals surface area contributed by atoms with Gasteiger partial charge in [-0.1, -0.05) is 24.3 Å². The highest BCUT2D eigenvalue weighted by Crippen LogP contribution is 2.37. The summed E-state index contributed by atoms with van der Waals surface area (Å²) in [5.41, 5.74) is 3.82. The van der Waals surface area contributed by atoms with Crippen molar-refractivity contribution >= 4 is 17.3 Å². The molecule has 1 aliphatic rings. The average Bonchev–Trinajstić information content (AvgIpc) is 2.63. The van der Waals surface area contributed by atoms with Crippen LogP contribution in [0.3, 0.4) is 0 Å². The summed E-state index contributed by atoms with van der Waals surface area (Å²) in [6.07, 6.45) is 0. The van der Waals surface area contributed by atoms with Crippen LogP contribution in [0.4, 0.5) is 5.69 Å². The number of hydrogen-bond donors (Lipinski definition) is 1. The van der Waals surface area contributed by atoms with Crippen LogP contribution in [0.5, 0.6) is 5.75 Å². The lowest BCUT2D eigenvalue weighted by atomic mass is 10.1. The number of rotatable bonds is 1. The maximum Gasteiger partial charge on any atom is 0.263 e. The number of carbonyl (C=O) groups is 1. The number of phenols is 1. The summed E-state index contributed by atoms with van der Waals surface area (Å²) in [4.78, 5) is 14.0. The number of phenolic OH excluding ortho intramolecular Hbond substituents is 1. The highest BCUT2D eigenvalue weighted by atomic mass is 16.3. The third kappa shape index (κ3) is 1.71. The Kier molecular flexibility index (Phi) is 2.42. The summed E-state index contributed by atoms with van der Waals surface area (Å²) < 4.78 is 0. The van der Waals surface area contributed by atoms with Gasteiger partial charge in [0.15, 0.2) is 0 Å². The average molecular weight is 251 g/mol. The SMILES string of the molecule is C=C1c2ccc(O)cc2C(=O)N1c1ccc(C)cc1. The zero-order valence-electron chi connectivity index (χ0n) is 10.6. The molecule has 3 nitrogen and oxygen atoms in total. The number of benzene rings is 2. The fourth-order valence-corrected chi connectivity index (χ4v) is 2.29. The first-order chi connectivity index (χ1) is 9.08. The molecule has 0 spiro atoms. The molecule has 2 aromatic carbocycles. The van der Waals surface area contributed by atoms with E-state index in [2.05, 4.69) is 6.58 Å². The molecular formula is C16H13NO2. The van der Waals surface area contributed by atoms with Crippen LogP contribution in [-0.2, 0) is 0 Å². The summed E-state index contributed by atoms with van der Waals surface area (Å²) in [5.74, 6) is -0.0644. The zero-order chi connectivity index (χ0) is 13.6. The molecule has 0 unspecified atom stereocenters. The lowest BCUT2D eigenvalue weighted by molar-refractivity contribution is 0.101. The first-order valence-corrected chi connectivity index (χ1v) is 6.01. The van der Waals surface area contributed by atoms with E-state index in [9.17, 15) is 9.90 Å². The van der Waals surface area contributed by atoms with Crippen LogP contribution in [0.1, 0.15) is 21.5 Å². The number of amides is 1. The summed E-state index contributed by atoms with van der Waals surface area (Å²) in [6.45, 7) is 5.98. The van der Waals surface area contributed by atoms with Crippen LogP contribution in [0, 0.1) is 6.92 Å². The normalized spacial score (nSPS) is 13.8. The van der Waals surface area contributed by atoms with Crippen molar-refractivity contribution in [3.05, 3.63) is 65.7 Å². The summed E-state index contributed by atoms with van der Waals surface area (Å²) in [7, 11) is 0. The Balaban J connectivity index is 2.10. The molecule has 0 aromatic heterocycles. The molecule has 0 saturated heterocycles. The van der Waals surface area contributed by atoms with E-state index in [0.717, 1.165) is 16.8 Å². The van der Waals surface area contributed by atoms with E-state index >= 15 is 0 Å². The van der Waals surface area contributed by atoms with Crippen molar-refractivity contribution in [1.29, 1.82) is 0 Å². The van der Waals surface area contributed by atoms with Crippen molar-refractivity contribution in [1.82, 2.24) is 0 Å². The molecule has 0 fully saturated rings. The molecule has 94 valence electrons. The molecule has 0 atom stereocenters. The zero-order valence-corrected chi connectivity index (χ0v) is 10.6. The van der Waals surface area contributed by atoms with Crippen LogP contribution in [0.15, 0.2) is 49.0 Å². The predicted molar refractivity (Wildman–Crippen MR) is 75.1 cm³/mol. The monoisotopic (exact) mass is 251 g/mol. The smallest absolute Gasteiger partial charge is 0.263 e. The number of fused-ring (bicyclic) bond motifs is 1. The maximum atomic E-state index is 12.4. The van der Waals surface area contributed by atoms with E-state index in [0.29, 0.717) is 11.3 Å². The molecule has 0 saturated carbocycles. The van der Waals surface area contributed by atoms with Gasteiger partial charge in [0.1, 0.15) is 5.75 Å². The minimum absolute atomic E-state index is 0.0886. The molecule has 0 radical (unpaired) electrons. The Morgan fingerprint density at radius 3 is 2.42 bits per heavy atom. The van der Waals surface area contributed by atoms with Gasteiger partial charge in [0.25, 0.3) is 5.91 Å². The van der Waals surface area contributed by atoms with Gasteiger partial charge in [-0.2, -0.15) is 0 Å². The Morgan fingerprint density at radius 2 is 1.74 bits per heavy atom. The van der Waals surface area contributed by atoms with Gasteiger partial charge < -0.3 is 5.11 Å². The molecule has 0 bridgehead atoms. The fourth-order valence-electron chi connectivity index (χ4n) is 2.29. The Bertz CT molecular complexity index is 686. The quantitative estimate of drug-likeness (QED) is 0.844. The van der Waals surface area contributed by atoms with Gasteiger partial charge in [-0.05, 0) is 37.3 Å². The van der Waals surface area contributed by atoms with Crippen LogP contribution >= 0.6 is 0 Å². The van der Waals surface area contributed by atoms with Crippen LogP contribution in [-0.4, -0.2) is 11.0 Å². The van der Waals surface area contributed by atoms with Gasteiger partial charge in [-0.3, -0.25) is 9.69 Å². The number of anilines is 1. The minimum Gasteiger partial charge on any atom is -0.508 e. The lowest BCUT2D eigenvalue weighted by Gasteiger charge is -2.17. The molecule has 1 heterocycles. The van der Waals surface area contributed by atoms with Crippen molar-refractivity contribution in [2.45, 2.75) is 6.92 Å². The molecule has 19 heavy (non-hydrogen) atoms. The van der Waals surface area contributed by atoms with Gasteiger partial charge in [0.2, 0.25) is 0 Å². The van der Waals surface area contributed by atoms with Gasteiger partial charge in [0, 0.05) is 11.3 Å². The van der Waals surface area contributed by atoms with Crippen LogP contribution in [0.25, 0.3) is 5.70 Å². The van der Waals surface area contributed by atoms with Crippen molar-refractivity contribution in [2.24, 2.45) is 0 Å². The highest BCUT2D eigenvalue weighted by Gasteiger charge is 2.32. The number of hydrogen-bond acceptors (Lipinski definition) is 2. The first-order valence-electron chi connectivity index (χ1n) is 6.01. The third-order valence-electron chi connectivity index (χ3n) is 3.31. The largest absolute Gasteiger partial charge is 0.508 e.